The number of rotatable bonds is 4. The van der Waals surface area contributed by atoms with Crippen LogP contribution in [0.2, 0.25) is 5.02 Å². The minimum Gasteiger partial charge on any atom is -0.296 e. The largest absolute Gasteiger partial charge is 0.416 e. The molecule has 11 heteroatoms. The number of nitrogens with one attached hydrogen (secondary N) is 1. The maximum atomic E-state index is 12.9. The number of hydrogen-bond acceptors (Lipinski definition) is 5. The first-order valence-corrected chi connectivity index (χ1v) is 9.68. The fraction of sp³-hybridized carbons (Fsp3) is 0.0526. The zero-order valence-corrected chi connectivity index (χ0v) is 16.5. The molecule has 0 spiro atoms. The van der Waals surface area contributed by atoms with Gasteiger partial charge in [0.15, 0.2) is 5.13 Å². The number of carbonyl (C=O) groups excluding carboxylic acids is 1. The van der Waals surface area contributed by atoms with Crippen LogP contribution in [0.15, 0.2) is 60.2 Å². The Balaban J connectivity index is 1.58. The number of carbonyl (C=O) groups is 1. The second-order valence-corrected chi connectivity index (χ2v) is 7.26. The molecule has 152 valence electrons. The summed E-state index contributed by atoms with van der Waals surface area (Å²) in [6, 6.07) is 9.67. The van der Waals surface area contributed by atoms with Crippen LogP contribution < -0.4 is 5.32 Å². The zero-order valence-electron chi connectivity index (χ0n) is 14.9. The molecule has 0 aliphatic heterocycles. The van der Waals surface area contributed by atoms with E-state index in [0.717, 1.165) is 18.2 Å². The summed E-state index contributed by atoms with van der Waals surface area (Å²) in [6.07, 6.45) is -1.54. The predicted octanol–water partition coefficient (Wildman–Crippen LogP) is 5.32. The van der Waals surface area contributed by atoms with E-state index in [1.807, 2.05) is 6.07 Å². The Morgan fingerprint density at radius 3 is 2.63 bits per heavy atom. The number of thiazole rings is 1. The van der Waals surface area contributed by atoms with Crippen LogP contribution in [0.1, 0.15) is 16.1 Å². The van der Waals surface area contributed by atoms with Crippen molar-refractivity contribution in [2.24, 2.45) is 0 Å². The molecule has 0 unspecified atom stereocenters. The molecule has 30 heavy (non-hydrogen) atoms. The first kappa shape index (κ1) is 20.0. The van der Waals surface area contributed by atoms with Crippen molar-refractivity contribution in [3.05, 3.63) is 76.5 Å². The molecule has 0 aliphatic carbocycles. The normalized spacial score (nSPS) is 11.5. The molecule has 6 nitrogen and oxygen atoms in total. The maximum absolute atomic E-state index is 12.9. The molecule has 4 rings (SSSR count). The SMILES string of the molecule is O=C(Nc1nc(-c2ccccn2)cs1)c1ccnn1-c1ccc(C(F)(F)F)cc1Cl. The van der Waals surface area contributed by atoms with Crippen LogP contribution in [0.3, 0.4) is 0 Å². The Labute approximate surface area is 177 Å². The molecular weight excluding hydrogens is 439 g/mol. The second-order valence-electron chi connectivity index (χ2n) is 6.00. The average Bonchev–Trinajstić information content (AvgIpc) is 3.37. The van der Waals surface area contributed by atoms with Gasteiger partial charge in [0, 0.05) is 11.6 Å². The van der Waals surface area contributed by atoms with Crippen molar-refractivity contribution in [3.63, 3.8) is 0 Å². The molecule has 1 aromatic carbocycles. The van der Waals surface area contributed by atoms with Gasteiger partial charge in [-0.1, -0.05) is 17.7 Å². The first-order chi connectivity index (χ1) is 14.3. The fourth-order valence-electron chi connectivity index (χ4n) is 2.65. The van der Waals surface area contributed by atoms with Gasteiger partial charge in [0.2, 0.25) is 0 Å². The monoisotopic (exact) mass is 449 g/mol. The van der Waals surface area contributed by atoms with Crippen molar-refractivity contribution < 1.29 is 18.0 Å². The third kappa shape index (κ3) is 4.05. The van der Waals surface area contributed by atoms with Crippen LogP contribution in [0.5, 0.6) is 0 Å². The van der Waals surface area contributed by atoms with Crippen molar-refractivity contribution in [2.45, 2.75) is 6.18 Å². The number of nitrogens with zero attached hydrogens (tertiary/aromatic N) is 4. The molecule has 0 bridgehead atoms. The summed E-state index contributed by atoms with van der Waals surface area (Å²) >= 11 is 7.24. The molecule has 0 saturated heterocycles. The van der Waals surface area contributed by atoms with Crippen LogP contribution in [0.25, 0.3) is 17.1 Å². The number of benzene rings is 1. The van der Waals surface area contributed by atoms with Crippen LogP contribution >= 0.6 is 22.9 Å². The third-order valence-electron chi connectivity index (χ3n) is 4.03. The summed E-state index contributed by atoms with van der Waals surface area (Å²) < 4.78 is 39.8. The van der Waals surface area contributed by atoms with E-state index >= 15 is 0 Å². The van der Waals surface area contributed by atoms with Crippen molar-refractivity contribution in [2.75, 3.05) is 5.32 Å². The average molecular weight is 450 g/mol. The van der Waals surface area contributed by atoms with Gasteiger partial charge >= 0.3 is 6.18 Å². The van der Waals surface area contributed by atoms with E-state index in [4.69, 9.17) is 11.6 Å². The highest BCUT2D eigenvalue weighted by molar-refractivity contribution is 7.14. The van der Waals surface area contributed by atoms with Gasteiger partial charge in [-0.3, -0.25) is 15.1 Å². The van der Waals surface area contributed by atoms with Crippen molar-refractivity contribution >= 4 is 34.0 Å². The molecule has 3 heterocycles. The number of anilines is 1. The molecule has 1 N–H and O–H groups in total. The summed E-state index contributed by atoms with van der Waals surface area (Å²) in [7, 11) is 0. The van der Waals surface area contributed by atoms with Gasteiger partial charge in [0.05, 0.1) is 28.2 Å². The number of pyridine rings is 1. The number of hydrogen-bond donors (Lipinski definition) is 1. The van der Waals surface area contributed by atoms with Crippen molar-refractivity contribution in [3.8, 4) is 17.1 Å². The summed E-state index contributed by atoms with van der Waals surface area (Å²) in [4.78, 5) is 21.2. The van der Waals surface area contributed by atoms with Crippen LogP contribution in [0, 0.1) is 0 Å². The van der Waals surface area contributed by atoms with E-state index < -0.39 is 17.6 Å². The molecule has 0 saturated carbocycles. The second kappa shape index (κ2) is 7.88. The number of halogens is 4. The lowest BCUT2D eigenvalue weighted by molar-refractivity contribution is -0.137. The molecule has 4 aromatic rings. The van der Waals surface area contributed by atoms with E-state index in [1.165, 1.54) is 28.3 Å². The van der Waals surface area contributed by atoms with E-state index in [9.17, 15) is 18.0 Å². The Bertz CT molecular complexity index is 1210. The lowest BCUT2D eigenvalue weighted by atomic mass is 10.2. The number of amides is 1. The first-order valence-electron chi connectivity index (χ1n) is 8.42. The quantitative estimate of drug-likeness (QED) is 0.458. The summed E-state index contributed by atoms with van der Waals surface area (Å²) in [5.41, 5.74) is 0.615. The Hall–Kier alpha value is -3.24. The smallest absolute Gasteiger partial charge is 0.296 e. The highest BCUT2D eigenvalue weighted by Gasteiger charge is 2.31. The molecule has 3 aromatic heterocycles. The van der Waals surface area contributed by atoms with Crippen LogP contribution in [-0.2, 0) is 6.18 Å². The molecule has 0 aliphatic rings. The fourth-order valence-corrected chi connectivity index (χ4v) is 3.61. The summed E-state index contributed by atoms with van der Waals surface area (Å²) in [6.45, 7) is 0. The third-order valence-corrected chi connectivity index (χ3v) is 5.09. The Morgan fingerprint density at radius 2 is 1.93 bits per heavy atom. The van der Waals surface area contributed by atoms with E-state index in [1.54, 1.807) is 23.7 Å². The van der Waals surface area contributed by atoms with Crippen molar-refractivity contribution in [1.29, 1.82) is 0 Å². The van der Waals surface area contributed by atoms with Gasteiger partial charge in [-0.05, 0) is 36.4 Å². The standard InChI is InChI=1S/C19H11ClF3N5OS/c20-12-9-11(19(21,22)23)4-5-15(12)28-16(6-8-25-28)17(29)27-18-26-14(10-30-18)13-3-1-2-7-24-13/h1-10H,(H,26,27,29). The highest BCUT2D eigenvalue weighted by Crippen LogP contribution is 2.33. The minimum absolute atomic E-state index is 0.0891. The summed E-state index contributed by atoms with van der Waals surface area (Å²) in [5, 5.41) is 8.58. The lowest BCUT2D eigenvalue weighted by Gasteiger charge is -2.12. The molecule has 0 fully saturated rings. The highest BCUT2D eigenvalue weighted by atomic mass is 35.5. The van der Waals surface area contributed by atoms with Gasteiger partial charge in [0.25, 0.3) is 5.91 Å². The Kier molecular flexibility index (Phi) is 5.27. The van der Waals surface area contributed by atoms with Gasteiger partial charge in [0.1, 0.15) is 11.4 Å². The lowest BCUT2D eigenvalue weighted by Crippen LogP contribution is -2.17. The van der Waals surface area contributed by atoms with Crippen LogP contribution in [-0.4, -0.2) is 25.7 Å². The van der Waals surface area contributed by atoms with Gasteiger partial charge in [-0.15, -0.1) is 11.3 Å². The molecule has 0 radical (unpaired) electrons. The molecular formula is C19H11ClF3N5OS. The van der Waals surface area contributed by atoms with Gasteiger partial charge in [-0.25, -0.2) is 9.67 Å². The number of alkyl halides is 3. The minimum atomic E-state index is -4.53. The van der Waals surface area contributed by atoms with E-state index in [2.05, 4.69) is 20.4 Å². The van der Waals surface area contributed by atoms with E-state index in [-0.39, 0.29) is 16.4 Å². The maximum Gasteiger partial charge on any atom is 0.416 e. The number of aromatic nitrogens is 4. The summed E-state index contributed by atoms with van der Waals surface area (Å²) in [5.74, 6) is -0.537. The zero-order chi connectivity index (χ0) is 21.3. The van der Waals surface area contributed by atoms with Crippen molar-refractivity contribution in [1.82, 2.24) is 19.7 Å². The predicted molar refractivity (Wildman–Crippen MR) is 107 cm³/mol. The van der Waals surface area contributed by atoms with Crippen LogP contribution in [0.4, 0.5) is 18.3 Å². The molecule has 0 atom stereocenters. The molecule has 1 amide bonds. The van der Waals surface area contributed by atoms with E-state index in [0.29, 0.717) is 16.5 Å². The Morgan fingerprint density at radius 1 is 1.10 bits per heavy atom. The van der Waals surface area contributed by atoms with Gasteiger partial charge in [-0.2, -0.15) is 18.3 Å². The van der Waals surface area contributed by atoms with Gasteiger partial charge < -0.3 is 0 Å². The topological polar surface area (TPSA) is 72.7 Å².